The zero-order chi connectivity index (χ0) is 20.4. The average Bonchev–Trinajstić information content (AvgIpc) is 3.11. The number of rotatable bonds is 5. The number of nitrogens with zero attached hydrogens (tertiary/aromatic N) is 2. The van der Waals surface area contributed by atoms with E-state index in [9.17, 15) is 13.7 Å². The first-order valence-corrected chi connectivity index (χ1v) is 10.7. The Kier molecular flexibility index (Phi) is 5.55. The topological polar surface area (TPSA) is 61.2 Å². The zero-order valence-electron chi connectivity index (χ0n) is 16.2. The van der Waals surface area contributed by atoms with Crippen molar-refractivity contribution in [1.29, 1.82) is 5.26 Å². The molecule has 28 heavy (non-hydrogen) atoms. The lowest BCUT2D eigenvalue weighted by Crippen LogP contribution is -2.31. The van der Waals surface area contributed by atoms with Gasteiger partial charge >= 0.3 is 0 Å². The predicted octanol–water partition coefficient (Wildman–Crippen LogP) is 4.56. The molecule has 0 amide bonds. The van der Waals surface area contributed by atoms with Crippen molar-refractivity contribution in [2.75, 3.05) is 13.1 Å². The molecule has 4 nitrogen and oxygen atoms in total. The van der Waals surface area contributed by atoms with E-state index < -0.39 is 15.4 Å². The second kappa shape index (κ2) is 7.75. The predicted molar refractivity (Wildman–Crippen MR) is 112 cm³/mol. The van der Waals surface area contributed by atoms with E-state index in [1.807, 2.05) is 44.2 Å². The quantitative estimate of drug-likeness (QED) is 0.554. The third-order valence-electron chi connectivity index (χ3n) is 5.55. The molecule has 0 radical (unpaired) electrons. The van der Waals surface area contributed by atoms with Gasteiger partial charge in [-0.25, -0.2) is 8.42 Å². The minimum Gasteiger partial charge on any atom is -0.207 e. The van der Waals surface area contributed by atoms with Crippen LogP contribution in [-0.4, -0.2) is 25.8 Å². The number of nitriles is 1. The molecule has 5 heteroatoms. The fourth-order valence-corrected chi connectivity index (χ4v) is 5.20. The average molecular weight is 393 g/mol. The molecule has 1 saturated heterocycles. The van der Waals surface area contributed by atoms with E-state index in [0.29, 0.717) is 12.0 Å². The first-order valence-electron chi connectivity index (χ1n) is 9.27. The highest BCUT2D eigenvalue weighted by Crippen LogP contribution is 2.45. The van der Waals surface area contributed by atoms with Crippen LogP contribution in [0.1, 0.15) is 24.5 Å². The molecule has 1 heterocycles. The van der Waals surface area contributed by atoms with Crippen LogP contribution >= 0.6 is 0 Å². The first-order chi connectivity index (χ1) is 13.4. The maximum absolute atomic E-state index is 13.2. The number of benzene rings is 2. The largest absolute Gasteiger partial charge is 0.243 e. The van der Waals surface area contributed by atoms with Crippen molar-refractivity contribution in [3.63, 3.8) is 0 Å². The second-order valence-corrected chi connectivity index (χ2v) is 9.07. The van der Waals surface area contributed by atoms with Gasteiger partial charge in [0, 0.05) is 18.5 Å². The Morgan fingerprint density at radius 2 is 1.86 bits per heavy atom. The van der Waals surface area contributed by atoms with Gasteiger partial charge in [-0.2, -0.15) is 9.57 Å². The third-order valence-corrected chi connectivity index (χ3v) is 7.36. The molecule has 1 aliphatic rings. The van der Waals surface area contributed by atoms with E-state index in [0.717, 1.165) is 16.7 Å². The van der Waals surface area contributed by atoms with Gasteiger partial charge < -0.3 is 0 Å². The van der Waals surface area contributed by atoms with Gasteiger partial charge in [-0.1, -0.05) is 61.0 Å². The maximum atomic E-state index is 13.2. The van der Waals surface area contributed by atoms with Crippen molar-refractivity contribution in [3.8, 4) is 6.07 Å². The Morgan fingerprint density at radius 1 is 1.21 bits per heavy atom. The highest BCUT2D eigenvalue weighted by atomic mass is 32.2. The summed E-state index contributed by atoms with van der Waals surface area (Å²) in [5, 5.41) is 9.89. The molecule has 0 aliphatic carbocycles. The summed E-state index contributed by atoms with van der Waals surface area (Å²) in [5.74, 6) is 0. The van der Waals surface area contributed by atoms with E-state index in [1.54, 1.807) is 30.3 Å². The Hall–Kier alpha value is -2.68. The lowest BCUT2D eigenvalue weighted by molar-refractivity contribution is 0.400. The van der Waals surface area contributed by atoms with Gasteiger partial charge in [-0.15, -0.1) is 6.58 Å². The normalized spacial score (nSPS) is 21.9. The zero-order valence-corrected chi connectivity index (χ0v) is 17.0. The molecule has 0 N–H and O–H groups in total. The summed E-state index contributed by atoms with van der Waals surface area (Å²) < 4.78 is 28.0. The Morgan fingerprint density at radius 3 is 2.39 bits per heavy atom. The van der Waals surface area contributed by atoms with E-state index in [1.165, 1.54) is 4.31 Å². The number of allylic oxidation sites excluding steroid dienone is 1. The summed E-state index contributed by atoms with van der Waals surface area (Å²) in [6.07, 6.45) is 2.47. The van der Waals surface area contributed by atoms with Crippen molar-refractivity contribution in [2.24, 2.45) is 5.41 Å². The minimum atomic E-state index is -3.66. The summed E-state index contributed by atoms with van der Waals surface area (Å²) in [6.45, 7) is 8.38. The molecule has 0 saturated carbocycles. The number of aryl methyl sites for hydroxylation is 1. The van der Waals surface area contributed by atoms with Gasteiger partial charge in [0.25, 0.3) is 0 Å². The van der Waals surface area contributed by atoms with E-state index in [2.05, 4.69) is 12.6 Å². The van der Waals surface area contributed by atoms with Gasteiger partial charge in [0.15, 0.2) is 0 Å². The van der Waals surface area contributed by atoms with Crippen LogP contribution in [0.4, 0.5) is 0 Å². The van der Waals surface area contributed by atoms with E-state index in [4.69, 9.17) is 0 Å². The Balaban J connectivity index is 2.12. The molecule has 1 fully saturated rings. The third kappa shape index (κ3) is 3.42. The van der Waals surface area contributed by atoms with Crippen LogP contribution in [0.15, 0.2) is 77.7 Å². The fourth-order valence-electron chi connectivity index (χ4n) is 3.73. The summed E-state index contributed by atoms with van der Waals surface area (Å²) in [5.41, 5.74) is 2.59. The van der Waals surface area contributed by atoms with E-state index >= 15 is 0 Å². The van der Waals surface area contributed by atoms with Crippen LogP contribution in [0.2, 0.25) is 0 Å². The SMILES string of the molecule is C=CC1(CC)CN(S(=O)(=O)c2ccc(C)cc2)C/C1=C(/C#N)c1ccccc1. The number of sulfonamides is 1. The van der Waals surface area contributed by atoms with Gasteiger partial charge in [0.2, 0.25) is 10.0 Å². The standard InChI is InChI=1S/C23H24N2O2S/c1-4-23(5-2)17-25(28(26,27)20-13-11-18(3)12-14-20)16-22(23)21(15-24)19-9-7-6-8-10-19/h4,6-14H,1,5,16-17H2,2-3H3/b22-21+. The molecule has 1 aliphatic heterocycles. The van der Waals surface area contributed by atoms with Crippen molar-refractivity contribution in [3.05, 3.63) is 84.0 Å². The van der Waals surface area contributed by atoms with Gasteiger partial charge in [-0.05, 0) is 36.6 Å². The molecule has 0 bridgehead atoms. The van der Waals surface area contributed by atoms with Gasteiger partial charge in [-0.3, -0.25) is 0 Å². The van der Waals surface area contributed by atoms with Crippen LogP contribution in [0, 0.1) is 23.7 Å². The molecule has 1 unspecified atom stereocenters. The second-order valence-electron chi connectivity index (χ2n) is 7.13. The Bertz CT molecular complexity index is 1050. The molecule has 2 aromatic rings. The molecule has 1 atom stereocenters. The molecule has 144 valence electrons. The minimum absolute atomic E-state index is 0.188. The lowest BCUT2D eigenvalue weighted by Gasteiger charge is -2.26. The summed E-state index contributed by atoms with van der Waals surface area (Å²) in [6, 6.07) is 18.6. The highest BCUT2D eigenvalue weighted by molar-refractivity contribution is 7.89. The summed E-state index contributed by atoms with van der Waals surface area (Å²) in [4.78, 5) is 0.270. The van der Waals surface area contributed by atoms with E-state index in [-0.39, 0.29) is 18.0 Å². The molecular formula is C23H24N2O2S. The van der Waals surface area contributed by atoms with Crippen LogP contribution in [0.3, 0.4) is 0 Å². The van der Waals surface area contributed by atoms with Crippen molar-refractivity contribution in [2.45, 2.75) is 25.2 Å². The van der Waals surface area contributed by atoms with Crippen LogP contribution in [-0.2, 0) is 10.0 Å². The maximum Gasteiger partial charge on any atom is 0.243 e. The molecular weight excluding hydrogens is 368 g/mol. The van der Waals surface area contributed by atoms with Crippen molar-refractivity contribution in [1.82, 2.24) is 4.31 Å². The smallest absolute Gasteiger partial charge is 0.207 e. The van der Waals surface area contributed by atoms with Crippen LogP contribution in [0.25, 0.3) is 5.57 Å². The van der Waals surface area contributed by atoms with Gasteiger partial charge in [0.05, 0.1) is 16.5 Å². The Labute approximate surface area is 167 Å². The van der Waals surface area contributed by atoms with Crippen LogP contribution < -0.4 is 0 Å². The molecule has 3 rings (SSSR count). The van der Waals surface area contributed by atoms with Crippen LogP contribution in [0.5, 0.6) is 0 Å². The molecule has 0 aromatic heterocycles. The molecule has 2 aromatic carbocycles. The monoisotopic (exact) mass is 392 g/mol. The molecule has 0 spiro atoms. The summed E-state index contributed by atoms with van der Waals surface area (Å²) in [7, 11) is -3.66. The number of hydrogen-bond donors (Lipinski definition) is 0. The van der Waals surface area contributed by atoms with Crippen molar-refractivity contribution < 1.29 is 8.42 Å². The fraction of sp³-hybridized carbons (Fsp3) is 0.261. The van der Waals surface area contributed by atoms with Crippen molar-refractivity contribution >= 4 is 15.6 Å². The summed E-state index contributed by atoms with van der Waals surface area (Å²) >= 11 is 0. The highest BCUT2D eigenvalue weighted by Gasteiger charge is 2.45. The number of hydrogen-bond acceptors (Lipinski definition) is 3. The van der Waals surface area contributed by atoms with Gasteiger partial charge in [0.1, 0.15) is 0 Å². The lowest BCUT2D eigenvalue weighted by atomic mass is 9.77. The first kappa shape index (κ1) is 20.1.